The summed E-state index contributed by atoms with van der Waals surface area (Å²) in [6, 6.07) is 0.137. The lowest BCUT2D eigenvalue weighted by molar-refractivity contribution is -0.190. The zero-order chi connectivity index (χ0) is 8.97. The Morgan fingerprint density at radius 3 is 3.17 bits per heavy atom. The normalized spacial score (nSPS) is 23.8. The number of nitrogens with one attached hydrogen (secondary N) is 1. The second-order valence-electron chi connectivity index (χ2n) is 2.82. The molecule has 1 amide bonds. The van der Waals surface area contributed by atoms with Gasteiger partial charge in [0.05, 0.1) is 0 Å². The first-order valence-electron chi connectivity index (χ1n) is 4.12. The van der Waals surface area contributed by atoms with Crippen LogP contribution in [0.15, 0.2) is 0 Å². The van der Waals surface area contributed by atoms with Crippen LogP contribution in [0.5, 0.6) is 0 Å². The number of rotatable bonds is 1. The number of hydrogen-bond donors (Lipinski definition) is 2. The Labute approximate surface area is 71.2 Å². The molecule has 0 radical (unpaired) electrons. The highest BCUT2D eigenvalue weighted by Crippen LogP contribution is 2.07. The highest BCUT2D eigenvalue weighted by atomic mass is 17.1. The van der Waals surface area contributed by atoms with Crippen molar-refractivity contribution in [2.45, 2.75) is 19.4 Å². The van der Waals surface area contributed by atoms with E-state index in [-0.39, 0.29) is 6.04 Å². The molecule has 0 aromatic heterocycles. The van der Waals surface area contributed by atoms with Gasteiger partial charge in [0, 0.05) is 25.7 Å². The van der Waals surface area contributed by atoms with Crippen LogP contribution in [-0.2, 0) is 4.89 Å². The number of carbonyl (C=O) groups excluding carboxylic acids is 1. The molecule has 70 valence electrons. The van der Waals surface area contributed by atoms with Crippen LogP contribution in [0.2, 0.25) is 0 Å². The summed E-state index contributed by atoms with van der Waals surface area (Å²) in [5, 5.41) is 11.4. The van der Waals surface area contributed by atoms with Gasteiger partial charge in [0.15, 0.2) is 0 Å². The number of piperazine rings is 1. The summed E-state index contributed by atoms with van der Waals surface area (Å²) in [6.45, 7) is 4.12. The third-order valence-electron chi connectivity index (χ3n) is 2.13. The fourth-order valence-corrected chi connectivity index (χ4v) is 1.42. The second-order valence-corrected chi connectivity index (χ2v) is 2.82. The van der Waals surface area contributed by atoms with Crippen molar-refractivity contribution in [3.8, 4) is 0 Å². The van der Waals surface area contributed by atoms with E-state index in [1.54, 1.807) is 0 Å². The molecule has 1 rings (SSSR count). The van der Waals surface area contributed by atoms with Crippen molar-refractivity contribution in [2.75, 3.05) is 19.6 Å². The minimum Gasteiger partial charge on any atom is -0.313 e. The Bertz CT molecular complexity index is 163. The Morgan fingerprint density at radius 1 is 1.83 bits per heavy atom. The topological polar surface area (TPSA) is 61.8 Å². The summed E-state index contributed by atoms with van der Waals surface area (Å²) >= 11 is 0. The fourth-order valence-electron chi connectivity index (χ4n) is 1.42. The van der Waals surface area contributed by atoms with Crippen LogP contribution in [0.3, 0.4) is 0 Å². The van der Waals surface area contributed by atoms with E-state index in [9.17, 15) is 4.79 Å². The molecule has 2 N–H and O–H groups in total. The van der Waals surface area contributed by atoms with Gasteiger partial charge in [-0.25, -0.2) is 4.79 Å². The second kappa shape index (κ2) is 4.27. The Balaban J connectivity index is 2.52. The van der Waals surface area contributed by atoms with E-state index in [1.165, 1.54) is 4.90 Å². The van der Waals surface area contributed by atoms with E-state index in [0.717, 1.165) is 19.5 Å². The zero-order valence-corrected chi connectivity index (χ0v) is 7.12. The van der Waals surface area contributed by atoms with Gasteiger partial charge in [-0.15, -0.1) is 0 Å². The van der Waals surface area contributed by atoms with E-state index in [1.807, 2.05) is 6.92 Å². The lowest BCUT2D eigenvalue weighted by Crippen LogP contribution is -2.53. The van der Waals surface area contributed by atoms with Crippen LogP contribution in [-0.4, -0.2) is 41.9 Å². The number of amides is 1. The molecule has 5 heteroatoms. The molecule has 1 heterocycles. The molecule has 5 nitrogen and oxygen atoms in total. The molecule has 0 aliphatic carbocycles. The van der Waals surface area contributed by atoms with Crippen molar-refractivity contribution in [2.24, 2.45) is 0 Å². The maximum absolute atomic E-state index is 11.0. The Hall–Kier alpha value is -0.810. The lowest BCUT2D eigenvalue weighted by Gasteiger charge is -2.33. The SMILES string of the molecule is CC[C@@H]1CNCCN1C(=O)OO. The summed E-state index contributed by atoms with van der Waals surface area (Å²) in [7, 11) is 0. The summed E-state index contributed by atoms with van der Waals surface area (Å²) in [5.41, 5.74) is 0. The quantitative estimate of drug-likeness (QED) is 0.443. The molecule has 12 heavy (non-hydrogen) atoms. The third-order valence-corrected chi connectivity index (χ3v) is 2.13. The molecule has 0 aromatic carbocycles. The fraction of sp³-hybridized carbons (Fsp3) is 0.857. The largest absolute Gasteiger partial charge is 0.441 e. The van der Waals surface area contributed by atoms with Crippen LogP contribution in [0.1, 0.15) is 13.3 Å². The van der Waals surface area contributed by atoms with Gasteiger partial charge >= 0.3 is 6.09 Å². The summed E-state index contributed by atoms with van der Waals surface area (Å²) in [4.78, 5) is 16.2. The lowest BCUT2D eigenvalue weighted by atomic mass is 10.1. The molecule has 1 fully saturated rings. The number of carbonyl (C=O) groups is 1. The molecule has 0 spiro atoms. The molecular weight excluding hydrogens is 160 g/mol. The highest BCUT2D eigenvalue weighted by molar-refractivity contribution is 5.67. The molecule has 1 aliphatic heterocycles. The van der Waals surface area contributed by atoms with Gasteiger partial charge in [-0.05, 0) is 6.42 Å². The van der Waals surface area contributed by atoms with Gasteiger partial charge in [-0.3, -0.25) is 4.89 Å². The minimum absolute atomic E-state index is 0.137. The zero-order valence-electron chi connectivity index (χ0n) is 7.12. The van der Waals surface area contributed by atoms with E-state index in [2.05, 4.69) is 10.2 Å². The van der Waals surface area contributed by atoms with E-state index in [0.29, 0.717) is 6.54 Å². The first kappa shape index (κ1) is 9.28. The van der Waals surface area contributed by atoms with Crippen LogP contribution in [0, 0.1) is 0 Å². The van der Waals surface area contributed by atoms with Gasteiger partial charge in [0.2, 0.25) is 0 Å². The third kappa shape index (κ3) is 1.86. The van der Waals surface area contributed by atoms with Crippen molar-refractivity contribution < 1.29 is 14.9 Å². The van der Waals surface area contributed by atoms with Gasteiger partial charge in [0.25, 0.3) is 0 Å². The molecule has 1 atom stereocenters. The smallest absolute Gasteiger partial charge is 0.313 e. The monoisotopic (exact) mass is 174 g/mol. The first-order chi connectivity index (χ1) is 5.79. The average Bonchev–Trinajstić information content (AvgIpc) is 2.16. The summed E-state index contributed by atoms with van der Waals surface area (Å²) in [5.74, 6) is 0. The standard InChI is InChI=1S/C7H14N2O3/c1-2-6-5-8-3-4-9(6)7(10)12-11/h6,8,11H,2-5H2,1H3/t6-/m1/s1. The molecule has 0 unspecified atom stereocenters. The van der Waals surface area contributed by atoms with E-state index >= 15 is 0 Å². The van der Waals surface area contributed by atoms with Gasteiger partial charge in [-0.2, -0.15) is 5.26 Å². The molecule has 0 bridgehead atoms. The van der Waals surface area contributed by atoms with Gasteiger partial charge in [0.1, 0.15) is 0 Å². The number of nitrogens with zero attached hydrogens (tertiary/aromatic N) is 1. The highest BCUT2D eigenvalue weighted by Gasteiger charge is 2.26. The minimum atomic E-state index is -0.650. The predicted molar refractivity (Wildman–Crippen MR) is 42.8 cm³/mol. The molecule has 0 saturated carbocycles. The van der Waals surface area contributed by atoms with Crippen molar-refractivity contribution >= 4 is 6.09 Å². The van der Waals surface area contributed by atoms with E-state index < -0.39 is 6.09 Å². The van der Waals surface area contributed by atoms with Gasteiger partial charge in [-0.1, -0.05) is 6.92 Å². The van der Waals surface area contributed by atoms with Crippen molar-refractivity contribution in [1.29, 1.82) is 0 Å². The average molecular weight is 174 g/mol. The summed E-state index contributed by atoms with van der Waals surface area (Å²) < 4.78 is 0. The molecule has 0 aromatic rings. The van der Waals surface area contributed by atoms with Gasteiger partial charge < -0.3 is 10.2 Å². The van der Waals surface area contributed by atoms with Crippen LogP contribution < -0.4 is 5.32 Å². The van der Waals surface area contributed by atoms with Crippen LogP contribution >= 0.6 is 0 Å². The van der Waals surface area contributed by atoms with E-state index in [4.69, 9.17) is 5.26 Å². The van der Waals surface area contributed by atoms with Crippen molar-refractivity contribution in [3.05, 3.63) is 0 Å². The van der Waals surface area contributed by atoms with Crippen LogP contribution in [0.25, 0.3) is 0 Å². The first-order valence-corrected chi connectivity index (χ1v) is 4.12. The van der Waals surface area contributed by atoms with Crippen molar-refractivity contribution in [3.63, 3.8) is 0 Å². The summed E-state index contributed by atoms with van der Waals surface area (Å²) in [6.07, 6.45) is 0.214. The van der Waals surface area contributed by atoms with Crippen LogP contribution in [0.4, 0.5) is 4.79 Å². The maximum atomic E-state index is 11.0. The molecule has 1 saturated heterocycles. The Morgan fingerprint density at radius 2 is 2.58 bits per heavy atom. The Kier molecular flexibility index (Phi) is 3.31. The molecular formula is C7H14N2O3. The predicted octanol–water partition coefficient (Wildman–Crippen LogP) is 0.280. The maximum Gasteiger partial charge on any atom is 0.441 e. The van der Waals surface area contributed by atoms with Crippen molar-refractivity contribution in [1.82, 2.24) is 10.2 Å². The molecule has 1 aliphatic rings. The number of hydrogen-bond acceptors (Lipinski definition) is 4.